The number of benzene rings is 2. The summed E-state index contributed by atoms with van der Waals surface area (Å²) in [7, 11) is 0. The lowest BCUT2D eigenvalue weighted by Gasteiger charge is -2.27. The highest BCUT2D eigenvalue weighted by molar-refractivity contribution is 6.16. The minimum Gasteiger partial charge on any atom is -0.378 e. The second kappa shape index (κ2) is 10.3. The highest BCUT2D eigenvalue weighted by Crippen LogP contribution is 2.25. The molecular formula is C27H27N5O5. The van der Waals surface area contributed by atoms with Crippen LogP contribution in [0.3, 0.4) is 0 Å². The number of urea groups is 1. The number of carbonyl (C=O) groups is 4. The van der Waals surface area contributed by atoms with Crippen molar-refractivity contribution in [1.29, 1.82) is 0 Å². The Balaban J connectivity index is 1.34. The third kappa shape index (κ3) is 5.10. The maximum Gasteiger partial charge on any atom is 0.329 e. The Morgan fingerprint density at radius 3 is 2.54 bits per heavy atom. The number of carbonyl (C=O) groups excluding carboxylic acids is 4. The molecular weight excluding hydrogens is 474 g/mol. The summed E-state index contributed by atoms with van der Waals surface area (Å²) in [5.41, 5.74) is 3.07. The van der Waals surface area contributed by atoms with Crippen molar-refractivity contribution in [2.45, 2.75) is 13.5 Å². The Morgan fingerprint density at radius 1 is 1.03 bits per heavy atom. The molecule has 37 heavy (non-hydrogen) atoms. The molecule has 2 aliphatic rings. The van der Waals surface area contributed by atoms with Crippen LogP contribution >= 0.6 is 0 Å². The number of imide groups is 1. The maximum absolute atomic E-state index is 13.0. The van der Waals surface area contributed by atoms with E-state index in [1.165, 1.54) is 0 Å². The van der Waals surface area contributed by atoms with Gasteiger partial charge < -0.3 is 24.8 Å². The Hall–Kier alpha value is -4.44. The quantitative estimate of drug-likeness (QED) is 0.398. The number of para-hydroxylation sites is 2. The largest absolute Gasteiger partial charge is 0.378 e. The second-order valence-electron chi connectivity index (χ2n) is 8.97. The summed E-state index contributed by atoms with van der Waals surface area (Å²) in [6, 6.07) is 14.1. The monoisotopic (exact) mass is 501 g/mol. The van der Waals surface area contributed by atoms with Gasteiger partial charge in [0.1, 0.15) is 18.8 Å². The Bertz CT molecular complexity index is 1420. The minimum absolute atomic E-state index is 0.0145. The number of aromatic nitrogens is 1. The van der Waals surface area contributed by atoms with Crippen molar-refractivity contribution in [3.63, 3.8) is 0 Å². The molecule has 1 aromatic heterocycles. The van der Waals surface area contributed by atoms with E-state index in [2.05, 4.69) is 10.6 Å². The number of morpholine rings is 1. The average Bonchev–Trinajstić information content (AvgIpc) is 3.37. The molecule has 2 aliphatic heterocycles. The summed E-state index contributed by atoms with van der Waals surface area (Å²) in [5, 5.41) is 6.14. The van der Waals surface area contributed by atoms with E-state index in [1.54, 1.807) is 29.3 Å². The van der Waals surface area contributed by atoms with Gasteiger partial charge in [-0.2, -0.15) is 0 Å². The van der Waals surface area contributed by atoms with Gasteiger partial charge in [0.25, 0.3) is 5.91 Å². The third-order valence-corrected chi connectivity index (χ3v) is 6.47. The maximum atomic E-state index is 13.0. The number of rotatable bonds is 6. The second-order valence-corrected chi connectivity index (χ2v) is 8.97. The fraction of sp³-hybridized carbons (Fsp3) is 0.259. The molecule has 2 saturated heterocycles. The van der Waals surface area contributed by atoms with Crippen molar-refractivity contribution >= 4 is 46.4 Å². The van der Waals surface area contributed by atoms with E-state index < -0.39 is 24.4 Å². The SMILES string of the molecule is Cc1ccccc1NC(=O)CN1C(=O)NC(=Cc2cn(CC(=O)N3CCOCC3)c3ccccc23)C1=O. The number of hydrogen-bond acceptors (Lipinski definition) is 5. The molecule has 0 radical (unpaired) electrons. The van der Waals surface area contributed by atoms with Crippen LogP contribution in [-0.4, -0.2) is 71.0 Å². The molecule has 0 saturated carbocycles. The summed E-state index contributed by atoms with van der Waals surface area (Å²) < 4.78 is 7.17. The van der Waals surface area contributed by atoms with Crippen LogP contribution in [0.15, 0.2) is 60.4 Å². The molecule has 2 aromatic carbocycles. The van der Waals surface area contributed by atoms with E-state index in [0.29, 0.717) is 37.6 Å². The zero-order chi connectivity index (χ0) is 25.9. The van der Waals surface area contributed by atoms with E-state index in [-0.39, 0.29) is 18.1 Å². The van der Waals surface area contributed by atoms with Crippen LogP contribution in [0.2, 0.25) is 0 Å². The number of fused-ring (bicyclic) bond motifs is 1. The molecule has 0 spiro atoms. The summed E-state index contributed by atoms with van der Waals surface area (Å²) in [4.78, 5) is 53.6. The lowest BCUT2D eigenvalue weighted by atomic mass is 10.1. The Kier molecular flexibility index (Phi) is 6.74. The first-order chi connectivity index (χ1) is 17.9. The van der Waals surface area contributed by atoms with Crippen LogP contribution in [0.4, 0.5) is 10.5 Å². The van der Waals surface area contributed by atoms with Crippen molar-refractivity contribution < 1.29 is 23.9 Å². The first kappa shape index (κ1) is 24.3. The normalized spacial score (nSPS) is 16.9. The minimum atomic E-state index is -0.664. The van der Waals surface area contributed by atoms with Crippen LogP contribution in [0.1, 0.15) is 11.1 Å². The van der Waals surface area contributed by atoms with E-state index in [4.69, 9.17) is 4.74 Å². The van der Waals surface area contributed by atoms with Crippen LogP contribution in [-0.2, 0) is 25.7 Å². The molecule has 0 aliphatic carbocycles. The van der Waals surface area contributed by atoms with Gasteiger partial charge in [0.05, 0.1) is 13.2 Å². The predicted molar refractivity (Wildman–Crippen MR) is 137 cm³/mol. The summed E-state index contributed by atoms with van der Waals surface area (Å²) >= 11 is 0. The molecule has 10 heteroatoms. The van der Waals surface area contributed by atoms with Gasteiger partial charge in [-0.25, -0.2) is 9.69 Å². The van der Waals surface area contributed by atoms with E-state index in [1.807, 2.05) is 47.9 Å². The molecule has 190 valence electrons. The fourth-order valence-corrected chi connectivity index (χ4v) is 4.50. The van der Waals surface area contributed by atoms with Crippen molar-refractivity contribution in [3.05, 3.63) is 71.6 Å². The number of nitrogens with zero attached hydrogens (tertiary/aromatic N) is 3. The van der Waals surface area contributed by atoms with Crippen LogP contribution in [0.5, 0.6) is 0 Å². The summed E-state index contributed by atoms with van der Waals surface area (Å²) in [6.45, 7) is 3.76. The molecule has 10 nitrogen and oxygen atoms in total. The topological polar surface area (TPSA) is 113 Å². The highest BCUT2D eigenvalue weighted by Gasteiger charge is 2.35. The predicted octanol–water partition coefficient (Wildman–Crippen LogP) is 2.34. The molecule has 2 fully saturated rings. The number of aryl methyl sites for hydroxylation is 1. The molecule has 3 heterocycles. The van der Waals surface area contributed by atoms with Gasteiger partial charge in [-0.1, -0.05) is 36.4 Å². The Labute approximate surface area is 213 Å². The number of anilines is 1. The zero-order valence-corrected chi connectivity index (χ0v) is 20.4. The van der Waals surface area contributed by atoms with Gasteiger partial charge in [0, 0.05) is 41.4 Å². The summed E-state index contributed by atoms with van der Waals surface area (Å²) in [6.07, 6.45) is 3.38. The van der Waals surface area contributed by atoms with Gasteiger partial charge in [-0.15, -0.1) is 0 Å². The van der Waals surface area contributed by atoms with Gasteiger partial charge in [-0.05, 0) is 30.7 Å². The molecule has 5 amide bonds. The standard InChI is InChI=1S/C27H27N5O5/c1-18-6-2-4-8-21(18)28-24(33)16-32-26(35)22(29-27(32)36)14-19-15-31(23-9-5-3-7-20(19)23)17-25(34)30-10-12-37-13-11-30/h2-9,14-15H,10-13,16-17H2,1H3,(H,28,33)(H,29,36). The lowest BCUT2D eigenvalue weighted by Crippen LogP contribution is -2.42. The lowest BCUT2D eigenvalue weighted by molar-refractivity contribution is -0.135. The number of amides is 5. The molecule has 3 aromatic rings. The van der Waals surface area contributed by atoms with Crippen LogP contribution in [0.25, 0.3) is 17.0 Å². The zero-order valence-electron chi connectivity index (χ0n) is 20.4. The van der Waals surface area contributed by atoms with E-state index in [9.17, 15) is 19.2 Å². The van der Waals surface area contributed by atoms with Gasteiger partial charge in [-0.3, -0.25) is 14.4 Å². The Morgan fingerprint density at radius 2 is 1.76 bits per heavy atom. The van der Waals surface area contributed by atoms with Crippen molar-refractivity contribution in [2.24, 2.45) is 0 Å². The fourth-order valence-electron chi connectivity index (χ4n) is 4.50. The molecule has 0 unspecified atom stereocenters. The van der Waals surface area contributed by atoms with Gasteiger partial charge in [0.15, 0.2) is 0 Å². The van der Waals surface area contributed by atoms with Crippen molar-refractivity contribution in [3.8, 4) is 0 Å². The van der Waals surface area contributed by atoms with Crippen molar-refractivity contribution in [1.82, 2.24) is 19.7 Å². The molecule has 5 rings (SSSR count). The first-order valence-electron chi connectivity index (χ1n) is 12.0. The van der Waals surface area contributed by atoms with E-state index in [0.717, 1.165) is 21.4 Å². The highest BCUT2D eigenvalue weighted by atomic mass is 16.5. The number of hydrogen-bond donors (Lipinski definition) is 2. The smallest absolute Gasteiger partial charge is 0.329 e. The van der Waals surface area contributed by atoms with Crippen molar-refractivity contribution in [2.75, 3.05) is 38.2 Å². The average molecular weight is 502 g/mol. The third-order valence-electron chi connectivity index (χ3n) is 6.47. The first-order valence-corrected chi connectivity index (χ1v) is 12.0. The molecule has 0 bridgehead atoms. The van der Waals surface area contributed by atoms with Crippen LogP contribution in [0, 0.1) is 6.92 Å². The summed E-state index contributed by atoms with van der Waals surface area (Å²) in [5.74, 6) is -1.08. The molecule has 2 N–H and O–H groups in total. The number of ether oxygens (including phenoxy) is 1. The number of nitrogens with one attached hydrogen (secondary N) is 2. The van der Waals surface area contributed by atoms with Gasteiger partial charge in [0.2, 0.25) is 11.8 Å². The molecule has 0 atom stereocenters. The van der Waals surface area contributed by atoms with Gasteiger partial charge >= 0.3 is 6.03 Å². The van der Waals surface area contributed by atoms with Crippen LogP contribution < -0.4 is 10.6 Å². The van der Waals surface area contributed by atoms with E-state index >= 15 is 0 Å².